The Morgan fingerprint density at radius 1 is 1.21 bits per heavy atom. The zero-order chi connectivity index (χ0) is 14.3. The van der Waals surface area contributed by atoms with Crippen LogP contribution in [0.2, 0.25) is 0 Å². The van der Waals surface area contributed by atoms with E-state index in [1.54, 1.807) is 0 Å². The number of benzene rings is 1. The van der Waals surface area contributed by atoms with Crippen LogP contribution in [0.5, 0.6) is 0 Å². The highest BCUT2D eigenvalue weighted by Crippen LogP contribution is 2.20. The number of hydrogen-bond donors (Lipinski definition) is 1. The fraction of sp³-hybridized carbons (Fsp3) is 0.647. The number of nitrogens with zero attached hydrogens (tertiary/aromatic N) is 1. The van der Waals surface area contributed by atoms with E-state index in [4.69, 9.17) is 0 Å². The van der Waals surface area contributed by atoms with Crippen LogP contribution < -0.4 is 5.32 Å². The van der Waals surface area contributed by atoms with E-state index in [0.29, 0.717) is 6.04 Å². The van der Waals surface area contributed by atoms with Crippen LogP contribution in [0.1, 0.15) is 44.4 Å². The molecule has 0 aliphatic rings. The standard InChI is InChI=1S/C17H30N2/c1-6-19(13-14(2)3)12-11-17(18-5)16-10-8-7-9-15(16)4/h7-10,14,17-18H,6,11-13H2,1-5H3. The first kappa shape index (κ1) is 16.2. The lowest BCUT2D eigenvalue weighted by atomic mass is 9.98. The summed E-state index contributed by atoms with van der Waals surface area (Å²) in [5, 5.41) is 3.47. The second-order valence-corrected chi connectivity index (χ2v) is 5.77. The summed E-state index contributed by atoms with van der Waals surface area (Å²) in [7, 11) is 2.07. The van der Waals surface area contributed by atoms with Crippen molar-refractivity contribution >= 4 is 0 Å². The van der Waals surface area contributed by atoms with Gasteiger partial charge in [-0.3, -0.25) is 0 Å². The maximum Gasteiger partial charge on any atom is 0.0332 e. The first-order chi connectivity index (χ1) is 9.08. The van der Waals surface area contributed by atoms with Crippen LogP contribution >= 0.6 is 0 Å². The maximum absolute atomic E-state index is 3.47. The Balaban J connectivity index is 2.60. The van der Waals surface area contributed by atoms with Gasteiger partial charge < -0.3 is 10.2 Å². The lowest BCUT2D eigenvalue weighted by molar-refractivity contribution is 0.243. The van der Waals surface area contributed by atoms with E-state index in [9.17, 15) is 0 Å². The molecule has 0 fully saturated rings. The minimum Gasteiger partial charge on any atom is -0.313 e. The molecular weight excluding hydrogens is 232 g/mol. The average Bonchev–Trinajstić information content (AvgIpc) is 2.39. The predicted octanol–water partition coefficient (Wildman–Crippen LogP) is 3.62. The van der Waals surface area contributed by atoms with E-state index < -0.39 is 0 Å². The van der Waals surface area contributed by atoms with Gasteiger partial charge in [-0.25, -0.2) is 0 Å². The van der Waals surface area contributed by atoms with Gasteiger partial charge >= 0.3 is 0 Å². The summed E-state index contributed by atoms with van der Waals surface area (Å²) in [4.78, 5) is 2.55. The Morgan fingerprint density at radius 3 is 2.42 bits per heavy atom. The molecule has 2 heteroatoms. The monoisotopic (exact) mass is 262 g/mol. The Morgan fingerprint density at radius 2 is 1.89 bits per heavy atom. The minimum atomic E-state index is 0.461. The van der Waals surface area contributed by atoms with Gasteiger partial charge in [0.15, 0.2) is 0 Å². The summed E-state index contributed by atoms with van der Waals surface area (Å²) >= 11 is 0. The lowest BCUT2D eigenvalue weighted by Gasteiger charge is -2.26. The highest BCUT2D eigenvalue weighted by atomic mass is 15.1. The van der Waals surface area contributed by atoms with E-state index in [1.165, 1.54) is 24.1 Å². The first-order valence-corrected chi connectivity index (χ1v) is 7.53. The van der Waals surface area contributed by atoms with Gasteiger partial charge in [0.2, 0.25) is 0 Å². The molecule has 108 valence electrons. The Hall–Kier alpha value is -0.860. The molecule has 0 spiro atoms. The molecule has 0 radical (unpaired) electrons. The van der Waals surface area contributed by atoms with Gasteiger partial charge in [0.25, 0.3) is 0 Å². The molecule has 1 aromatic rings. The van der Waals surface area contributed by atoms with Gasteiger partial charge in [0.05, 0.1) is 0 Å². The van der Waals surface area contributed by atoms with E-state index in [0.717, 1.165) is 19.0 Å². The number of hydrogen-bond acceptors (Lipinski definition) is 2. The molecule has 0 bridgehead atoms. The van der Waals surface area contributed by atoms with Crippen LogP contribution in [0.25, 0.3) is 0 Å². The van der Waals surface area contributed by atoms with Crippen LogP contribution in [0.15, 0.2) is 24.3 Å². The van der Waals surface area contributed by atoms with Crippen molar-refractivity contribution in [3.8, 4) is 0 Å². The van der Waals surface area contributed by atoms with Gasteiger partial charge in [-0.2, -0.15) is 0 Å². The van der Waals surface area contributed by atoms with Crippen molar-refractivity contribution in [2.45, 2.75) is 40.2 Å². The molecule has 0 aliphatic carbocycles. The van der Waals surface area contributed by atoms with Crippen molar-refractivity contribution in [3.05, 3.63) is 35.4 Å². The fourth-order valence-corrected chi connectivity index (χ4v) is 2.64. The minimum absolute atomic E-state index is 0.461. The van der Waals surface area contributed by atoms with Crippen molar-refractivity contribution in [2.75, 3.05) is 26.7 Å². The van der Waals surface area contributed by atoms with Crippen LogP contribution in [-0.4, -0.2) is 31.6 Å². The number of aryl methyl sites for hydroxylation is 1. The summed E-state index contributed by atoms with van der Waals surface area (Å²) in [5.41, 5.74) is 2.82. The molecular formula is C17H30N2. The molecule has 1 aromatic carbocycles. The Kier molecular flexibility index (Phi) is 7.11. The average molecular weight is 262 g/mol. The molecule has 1 unspecified atom stereocenters. The second-order valence-electron chi connectivity index (χ2n) is 5.77. The molecule has 0 aliphatic heterocycles. The molecule has 2 nitrogen and oxygen atoms in total. The zero-order valence-corrected chi connectivity index (χ0v) is 13.2. The third kappa shape index (κ3) is 5.33. The van der Waals surface area contributed by atoms with Gasteiger partial charge in [-0.05, 0) is 50.5 Å². The summed E-state index contributed by atoms with van der Waals surface area (Å²) in [6.07, 6.45) is 1.17. The van der Waals surface area contributed by atoms with Crippen LogP contribution in [0.4, 0.5) is 0 Å². The maximum atomic E-state index is 3.47. The highest BCUT2D eigenvalue weighted by molar-refractivity contribution is 5.28. The van der Waals surface area contributed by atoms with Gasteiger partial charge in [-0.1, -0.05) is 45.0 Å². The second kappa shape index (κ2) is 8.34. The largest absolute Gasteiger partial charge is 0.313 e. The molecule has 1 atom stereocenters. The van der Waals surface area contributed by atoms with Crippen molar-refractivity contribution in [2.24, 2.45) is 5.92 Å². The van der Waals surface area contributed by atoms with E-state index >= 15 is 0 Å². The molecule has 0 saturated carbocycles. The van der Waals surface area contributed by atoms with Gasteiger partial charge in [0, 0.05) is 12.6 Å². The first-order valence-electron chi connectivity index (χ1n) is 7.53. The molecule has 0 saturated heterocycles. The van der Waals surface area contributed by atoms with E-state index in [-0.39, 0.29) is 0 Å². The van der Waals surface area contributed by atoms with Crippen molar-refractivity contribution in [1.29, 1.82) is 0 Å². The van der Waals surface area contributed by atoms with Crippen molar-refractivity contribution < 1.29 is 0 Å². The smallest absolute Gasteiger partial charge is 0.0332 e. The fourth-order valence-electron chi connectivity index (χ4n) is 2.64. The van der Waals surface area contributed by atoms with Gasteiger partial charge in [0.1, 0.15) is 0 Å². The summed E-state index contributed by atoms with van der Waals surface area (Å²) in [5.74, 6) is 0.742. The third-order valence-electron chi connectivity index (χ3n) is 3.72. The van der Waals surface area contributed by atoms with Gasteiger partial charge in [-0.15, -0.1) is 0 Å². The number of nitrogens with one attached hydrogen (secondary N) is 1. The molecule has 1 rings (SSSR count). The Labute approximate surface area is 119 Å². The van der Waals surface area contributed by atoms with Crippen LogP contribution in [-0.2, 0) is 0 Å². The molecule has 0 heterocycles. The van der Waals surface area contributed by atoms with Crippen molar-refractivity contribution in [3.63, 3.8) is 0 Å². The molecule has 19 heavy (non-hydrogen) atoms. The topological polar surface area (TPSA) is 15.3 Å². The summed E-state index contributed by atoms with van der Waals surface area (Å²) in [6.45, 7) is 12.5. The van der Waals surface area contributed by atoms with Crippen molar-refractivity contribution in [1.82, 2.24) is 10.2 Å². The predicted molar refractivity (Wildman–Crippen MR) is 84.5 cm³/mol. The van der Waals surface area contributed by atoms with Crippen LogP contribution in [0, 0.1) is 12.8 Å². The zero-order valence-electron chi connectivity index (χ0n) is 13.2. The summed E-state index contributed by atoms with van der Waals surface area (Å²) in [6, 6.07) is 9.16. The Bertz CT molecular complexity index is 360. The van der Waals surface area contributed by atoms with E-state index in [1.807, 2.05) is 0 Å². The molecule has 1 N–H and O–H groups in total. The summed E-state index contributed by atoms with van der Waals surface area (Å²) < 4.78 is 0. The third-order valence-corrected chi connectivity index (χ3v) is 3.72. The van der Waals surface area contributed by atoms with Crippen LogP contribution in [0.3, 0.4) is 0 Å². The highest BCUT2D eigenvalue weighted by Gasteiger charge is 2.13. The van der Waals surface area contributed by atoms with E-state index in [2.05, 4.69) is 69.2 Å². The molecule has 0 amide bonds. The molecule has 0 aromatic heterocycles. The quantitative estimate of drug-likeness (QED) is 0.769. The lowest BCUT2D eigenvalue weighted by Crippen LogP contribution is -2.31. The normalized spacial score (nSPS) is 13.2. The SMILES string of the molecule is CCN(CCC(NC)c1ccccc1C)CC(C)C. The number of rotatable bonds is 8.